The molecule has 1 aromatic heterocycles. The first kappa shape index (κ1) is 14.2. The van der Waals surface area contributed by atoms with Gasteiger partial charge < -0.3 is 10.4 Å². The van der Waals surface area contributed by atoms with Crippen LogP contribution in [0.2, 0.25) is 0 Å². The molecule has 0 saturated carbocycles. The lowest BCUT2D eigenvalue weighted by Crippen LogP contribution is -2.05. The van der Waals surface area contributed by atoms with Gasteiger partial charge in [-0.2, -0.15) is 0 Å². The molecule has 0 aliphatic heterocycles. The van der Waals surface area contributed by atoms with Gasteiger partial charge in [0.1, 0.15) is 4.88 Å². The smallest absolute Gasteiger partial charge is 0.347 e. The van der Waals surface area contributed by atoms with Crippen LogP contribution in [0.5, 0.6) is 0 Å². The number of aromatic carboxylic acids is 1. The fraction of sp³-hybridized carbons (Fsp3) is 0.214. The number of hydrogen-bond donors (Lipinski definition) is 2. The van der Waals surface area contributed by atoms with Crippen LogP contribution in [0.4, 0.5) is 5.69 Å². The molecule has 1 aromatic carbocycles. The first-order chi connectivity index (χ1) is 9.45. The highest BCUT2D eigenvalue weighted by Gasteiger charge is 2.15. The number of rotatable bonds is 4. The number of carboxylic acids is 1. The zero-order chi connectivity index (χ0) is 14.7. The molecule has 0 atom stereocenters. The van der Waals surface area contributed by atoms with E-state index in [1.165, 1.54) is 18.3 Å². The van der Waals surface area contributed by atoms with Crippen molar-refractivity contribution in [2.45, 2.75) is 20.3 Å². The Morgan fingerprint density at radius 3 is 2.50 bits per heavy atom. The molecule has 0 radical (unpaired) electrons. The molecule has 6 heteroatoms. The minimum atomic E-state index is -0.944. The third-order valence-electron chi connectivity index (χ3n) is 2.64. The van der Waals surface area contributed by atoms with Gasteiger partial charge in [-0.15, -0.1) is 11.3 Å². The molecule has 0 unspecified atom stereocenters. The third kappa shape index (κ3) is 3.42. The predicted octanol–water partition coefficient (Wildman–Crippen LogP) is 2.70. The Hall–Kier alpha value is -2.21. The molecule has 1 heterocycles. The number of aromatic nitrogens is 1. The van der Waals surface area contributed by atoms with Crippen LogP contribution in [-0.2, 0) is 11.2 Å². The van der Waals surface area contributed by atoms with E-state index in [1.54, 1.807) is 19.1 Å². The van der Waals surface area contributed by atoms with E-state index in [4.69, 9.17) is 5.11 Å². The number of thiazole rings is 1. The standard InChI is InChI=1S/C14H14N2O3S/c1-8(17)15-11-5-3-10(4-6-11)7-12-13(14(18)19)20-9(2)16-12/h3-6H,7H2,1-2H3,(H,15,17)(H,18,19). The van der Waals surface area contributed by atoms with Crippen LogP contribution < -0.4 is 5.32 Å². The monoisotopic (exact) mass is 290 g/mol. The van der Waals surface area contributed by atoms with Crippen LogP contribution in [0.25, 0.3) is 0 Å². The normalized spacial score (nSPS) is 10.3. The van der Waals surface area contributed by atoms with Crippen molar-refractivity contribution >= 4 is 28.9 Å². The second-order valence-electron chi connectivity index (χ2n) is 4.37. The lowest BCUT2D eigenvalue weighted by Gasteiger charge is -2.04. The topological polar surface area (TPSA) is 79.3 Å². The molecule has 0 saturated heterocycles. The van der Waals surface area contributed by atoms with Gasteiger partial charge in [-0.25, -0.2) is 9.78 Å². The zero-order valence-corrected chi connectivity index (χ0v) is 12.0. The van der Waals surface area contributed by atoms with Gasteiger partial charge in [0, 0.05) is 19.0 Å². The molecule has 20 heavy (non-hydrogen) atoms. The van der Waals surface area contributed by atoms with Crippen molar-refractivity contribution in [2.24, 2.45) is 0 Å². The number of nitrogens with one attached hydrogen (secondary N) is 1. The Morgan fingerprint density at radius 1 is 1.30 bits per heavy atom. The van der Waals surface area contributed by atoms with Gasteiger partial charge >= 0.3 is 5.97 Å². The van der Waals surface area contributed by atoms with Gasteiger partial charge in [0.25, 0.3) is 0 Å². The quantitative estimate of drug-likeness (QED) is 0.907. The molecule has 104 valence electrons. The number of anilines is 1. The van der Waals surface area contributed by atoms with Crippen LogP contribution in [0.15, 0.2) is 24.3 Å². The highest BCUT2D eigenvalue weighted by Crippen LogP contribution is 2.21. The Bertz CT molecular complexity index is 647. The van der Waals surface area contributed by atoms with E-state index < -0.39 is 5.97 Å². The number of carbonyl (C=O) groups excluding carboxylic acids is 1. The summed E-state index contributed by atoms with van der Waals surface area (Å²) >= 11 is 1.19. The zero-order valence-electron chi connectivity index (χ0n) is 11.1. The van der Waals surface area contributed by atoms with E-state index in [0.717, 1.165) is 10.6 Å². The lowest BCUT2D eigenvalue weighted by atomic mass is 10.1. The van der Waals surface area contributed by atoms with Gasteiger partial charge in [0.15, 0.2) is 0 Å². The molecule has 0 bridgehead atoms. The van der Waals surface area contributed by atoms with Crippen molar-refractivity contribution in [3.63, 3.8) is 0 Å². The number of amides is 1. The Morgan fingerprint density at radius 2 is 1.95 bits per heavy atom. The van der Waals surface area contributed by atoms with Crippen molar-refractivity contribution < 1.29 is 14.7 Å². The summed E-state index contributed by atoms with van der Waals surface area (Å²) in [5.74, 6) is -1.07. The summed E-state index contributed by atoms with van der Waals surface area (Å²) in [6.07, 6.45) is 0.465. The van der Waals surface area contributed by atoms with E-state index in [9.17, 15) is 9.59 Å². The molecule has 0 aliphatic carbocycles. The van der Waals surface area contributed by atoms with Gasteiger partial charge in [0.05, 0.1) is 10.7 Å². The molecule has 0 fully saturated rings. The molecular weight excluding hydrogens is 276 g/mol. The fourth-order valence-electron chi connectivity index (χ4n) is 1.86. The van der Waals surface area contributed by atoms with E-state index in [-0.39, 0.29) is 10.8 Å². The first-order valence-corrected chi connectivity index (χ1v) is 6.83. The van der Waals surface area contributed by atoms with Gasteiger partial charge in [-0.1, -0.05) is 12.1 Å². The number of carbonyl (C=O) groups is 2. The van der Waals surface area contributed by atoms with E-state index in [1.807, 2.05) is 12.1 Å². The number of aryl methyl sites for hydroxylation is 1. The number of carboxylic acid groups (broad SMARTS) is 1. The Kier molecular flexibility index (Phi) is 4.14. The van der Waals surface area contributed by atoms with E-state index in [2.05, 4.69) is 10.3 Å². The maximum absolute atomic E-state index is 11.1. The summed E-state index contributed by atoms with van der Waals surface area (Å²) < 4.78 is 0. The van der Waals surface area contributed by atoms with Crippen LogP contribution in [0.3, 0.4) is 0 Å². The Labute approximate surface area is 120 Å². The average Bonchev–Trinajstić information content (AvgIpc) is 2.72. The van der Waals surface area contributed by atoms with Crippen LogP contribution in [-0.4, -0.2) is 22.0 Å². The van der Waals surface area contributed by atoms with E-state index >= 15 is 0 Å². The molecule has 5 nitrogen and oxygen atoms in total. The van der Waals surface area contributed by atoms with Gasteiger partial charge in [0.2, 0.25) is 5.91 Å². The van der Waals surface area contributed by atoms with Gasteiger partial charge in [-0.05, 0) is 24.6 Å². The maximum Gasteiger partial charge on any atom is 0.347 e. The summed E-state index contributed by atoms with van der Waals surface area (Å²) in [6, 6.07) is 7.28. The SMILES string of the molecule is CC(=O)Nc1ccc(Cc2nc(C)sc2C(=O)O)cc1. The van der Waals surface area contributed by atoms with Crippen molar-refractivity contribution in [2.75, 3.05) is 5.32 Å². The lowest BCUT2D eigenvalue weighted by molar-refractivity contribution is -0.114. The van der Waals surface area contributed by atoms with E-state index in [0.29, 0.717) is 17.8 Å². The molecule has 0 spiro atoms. The minimum absolute atomic E-state index is 0.124. The molecule has 2 rings (SSSR count). The highest BCUT2D eigenvalue weighted by atomic mass is 32.1. The predicted molar refractivity (Wildman–Crippen MR) is 77.4 cm³/mol. The highest BCUT2D eigenvalue weighted by molar-refractivity contribution is 7.13. The summed E-state index contributed by atoms with van der Waals surface area (Å²) in [4.78, 5) is 26.6. The number of hydrogen-bond acceptors (Lipinski definition) is 4. The van der Waals surface area contributed by atoms with Crippen molar-refractivity contribution in [1.29, 1.82) is 0 Å². The largest absolute Gasteiger partial charge is 0.477 e. The number of nitrogens with zero attached hydrogens (tertiary/aromatic N) is 1. The van der Waals surface area contributed by atoms with Crippen LogP contribution >= 0.6 is 11.3 Å². The van der Waals surface area contributed by atoms with Crippen molar-refractivity contribution in [3.05, 3.63) is 45.4 Å². The first-order valence-electron chi connectivity index (χ1n) is 6.02. The van der Waals surface area contributed by atoms with Gasteiger partial charge in [-0.3, -0.25) is 4.79 Å². The summed E-state index contributed by atoms with van der Waals surface area (Å²) in [7, 11) is 0. The minimum Gasteiger partial charge on any atom is -0.477 e. The Balaban J connectivity index is 2.18. The van der Waals surface area contributed by atoms with Crippen molar-refractivity contribution in [1.82, 2.24) is 4.98 Å². The maximum atomic E-state index is 11.1. The molecule has 2 aromatic rings. The summed E-state index contributed by atoms with van der Waals surface area (Å²) in [5.41, 5.74) is 2.24. The van der Waals surface area contributed by atoms with Crippen LogP contribution in [0.1, 0.15) is 32.9 Å². The molecular formula is C14H14N2O3S. The summed E-state index contributed by atoms with van der Waals surface area (Å²) in [6.45, 7) is 3.24. The molecule has 1 amide bonds. The molecule has 2 N–H and O–H groups in total. The molecule has 0 aliphatic rings. The second kappa shape index (κ2) is 5.83. The third-order valence-corrected chi connectivity index (χ3v) is 3.65. The summed E-state index contributed by atoms with van der Waals surface area (Å²) in [5, 5.41) is 12.5. The second-order valence-corrected chi connectivity index (χ2v) is 5.57. The van der Waals surface area contributed by atoms with Crippen LogP contribution in [0, 0.1) is 6.92 Å². The fourth-order valence-corrected chi connectivity index (χ4v) is 2.63. The number of benzene rings is 1. The average molecular weight is 290 g/mol. The van der Waals surface area contributed by atoms with Crippen molar-refractivity contribution in [3.8, 4) is 0 Å².